The molecule has 0 aliphatic heterocycles. The number of allylic oxidation sites excluding steroid dienone is 1. The number of hydrogen-bond donors (Lipinski definition) is 1. The Morgan fingerprint density at radius 2 is 1.70 bits per heavy atom. The molecule has 7 heteroatoms. The second-order valence-electron chi connectivity index (χ2n) is 3.71. The molecular formula is C13H10F3NO3. The molecule has 0 fully saturated rings. The van der Waals surface area contributed by atoms with Gasteiger partial charge in [0.2, 0.25) is 11.6 Å². The van der Waals surface area contributed by atoms with E-state index in [1.165, 1.54) is 11.4 Å². The van der Waals surface area contributed by atoms with Crippen molar-refractivity contribution < 1.29 is 27.6 Å². The molecule has 20 heavy (non-hydrogen) atoms. The summed E-state index contributed by atoms with van der Waals surface area (Å²) in [6, 6.07) is 8.56. The van der Waals surface area contributed by atoms with Gasteiger partial charge in [-0.15, -0.1) is 0 Å². The minimum absolute atomic E-state index is 0.660. The molecule has 0 saturated heterocycles. The summed E-state index contributed by atoms with van der Waals surface area (Å²) in [4.78, 5) is 33.0. The van der Waals surface area contributed by atoms with Gasteiger partial charge in [0.15, 0.2) is 0 Å². The van der Waals surface area contributed by atoms with Crippen molar-refractivity contribution in [3.05, 3.63) is 42.0 Å². The molecule has 0 spiro atoms. The molecule has 0 unspecified atom stereocenters. The second-order valence-corrected chi connectivity index (χ2v) is 3.71. The van der Waals surface area contributed by atoms with Crippen LogP contribution in [0.2, 0.25) is 0 Å². The zero-order valence-corrected chi connectivity index (χ0v) is 10.1. The molecule has 1 N–H and O–H groups in total. The molecule has 1 aromatic rings. The van der Waals surface area contributed by atoms with Gasteiger partial charge in [-0.25, -0.2) is 0 Å². The Balaban J connectivity index is 2.50. The Hall–Kier alpha value is -2.44. The van der Waals surface area contributed by atoms with E-state index in [9.17, 15) is 27.6 Å². The molecule has 0 aliphatic carbocycles. The van der Waals surface area contributed by atoms with Crippen LogP contribution < -0.4 is 5.32 Å². The molecule has 0 radical (unpaired) electrons. The van der Waals surface area contributed by atoms with Gasteiger partial charge in [0.05, 0.1) is 6.54 Å². The van der Waals surface area contributed by atoms with Crippen molar-refractivity contribution in [1.29, 1.82) is 0 Å². The predicted molar refractivity (Wildman–Crippen MR) is 64.6 cm³/mol. The third-order valence-corrected chi connectivity index (χ3v) is 2.17. The highest BCUT2D eigenvalue weighted by atomic mass is 19.4. The highest BCUT2D eigenvalue weighted by molar-refractivity contribution is 6.43. The van der Waals surface area contributed by atoms with E-state index in [0.29, 0.717) is 5.56 Å². The number of carbonyl (C=O) groups is 3. The Labute approximate surface area is 112 Å². The molecular weight excluding hydrogens is 275 g/mol. The monoisotopic (exact) mass is 285 g/mol. The highest BCUT2D eigenvalue weighted by Gasteiger charge is 2.38. The maximum Gasteiger partial charge on any atom is 0.471 e. The summed E-state index contributed by atoms with van der Waals surface area (Å²) in [7, 11) is 0. The SMILES string of the molecule is O=C(/C=C/c1ccccc1)C(=O)CNC(=O)C(F)(F)F. The number of Topliss-reactive ketones (excluding diaryl/α,β-unsaturated/α-hetero) is 1. The minimum Gasteiger partial charge on any atom is -0.341 e. The van der Waals surface area contributed by atoms with Crippen LogP contribution in [0.4, 0.5) is 13.2 Å². The number of benzene rings is 1. The lowest BCUT2D eigenvalue weighted by Crippen LogP contribution is -2.40. The van der Waals surface area contributed by atoms with Crippen LogP contribution in [0.5, 0.6) is 0 Å². The van der Waals surface area contributed by atoms with Crippen LogP contribution in [0.1, 0.15) is 5.56 Å². The summed E-state index contributed by atoms with van der Waals surface area (Å²) in [6.45, 7) is -0.990. The zero-order valence-electron chi connectivity index (χ0n) is 10.1. The fraction of sp³-hybridized carbons (Fsp3) is 0.154. The van der Waals surface area contributed by atoms with Gasteiger partial charge in [0.25, 0.3) is 0 Å². The van der Waals surface area contributed by atoms with E-state index in [1.807, 2.05) is 0 Å². The van der Waals surface area contributed by atoms with Gasteiger partial charge in [-0.3, -0.25) is 14.4 Å². The number of halogens is 3. The lowest BCUT2D eigenvalue weighted by atomic mass is 10.1. The molecule has 0 aliphatic rings. The predicted octanol–water partition coefficient (Wildman–Crippen LogP) is 1.52. The van der Waals surface area contributed by atoms with Gasteiger partial charge in [0, 0.05) is 0 Å². The standard InChI is InChI=1S/C13H10F3NO3/c14-13(15,16)12(20)17-8-11(19)10(18)7-6-9-4-2-1-3-5-9/h1-7H,8H2,(H,17,20)/b7-6+. The first-order valence-corrected chi connectivity index (χ1v) is 5.46. The first kappa shape index (κ1) is 15.6. The molecule has 106 valence electrons. The van der Waals surface area contributed by atoms with Gasteiger partial charge in [0.1, 0.15) is 0 Å². The summed E-state index contributed by atoms with van der Waals surface area (Å²) >= 11 is 0. The quantitative estimate of drug-likeness (QED) is 0.659. The van der Waals surface area contributed by atoms with Crippen molar-refractivity contribution in [1.82, 2.24) is 5.32 Å². The number of carbonyl (C=O) groups excluding carboxylic acids is 3. The van der Waals surface area contributed by atoms with Gasteiger partial charge >= 0.3 is 12.1 Å². The first-order chi connectivity index (χ1) is 9.30. The average Bonchev–Trinajstić information content (AvgIpc) is 2.41. The van der Waals surface area contributed by atoms with E-state index in [2.05, 4.69) is 0 Å². The van der Waals surface area contributed by atoms with Gasteiger partial charge in [-0.05, 0) is 11.6 Å². The summed E-state index contributed by atoms with van der Waals surface area (Å²) in [5.41, 5.74) is 0.660. The van der Waals surface area contributed by atoms with E-state index in [-0.39, 0.29) is 0 Å². The Kier molecular flexibility index (Phi) is 5.19. The zero-order chi connectivity index (χ0) is 15.2. The molecule has 0 atom stereocenters. The number of ketones is 2. The van der Waals surface area contributed by atoms with Crippen molar-refractivity contribution >= 4 is 23.5 Å². The number of rotatable bonds is 5. The van der Waals surface area contributed by atoms with Gasteiger partial charge in [-0.1, -0.05) is 36.4 Å². The fourth-order valence-electron chi connectivity index (χ4n) is 1.18. The Bertz CT molecular complexity index is 536. The van der Waals surface area contributed by atoms with E-state index >= 15 is 0 Å². The summed E-state index contributed by atoms with van der Waals surface area (Å²) in [5.74, 6) is -4.38. The molecule has 0 bridgehead atoms. The molecule has 0 heterocycles. The molecule has 1 amide bonds. The van der Waals surface area contributed by atoms with E-state index in [0.717, 1.165) is 6.08 Å². The van der Waals surface area contributed by atoms with Crippen LogP contribution in [0.25, 0.3) is 6.08 Å². The van der Waals surface area contributed by atoms with Gasteiger partial charge in [-0.2, -0.15) is 13.2 Å². The van der Waals surface area contributed by atoms with Gasteiger partial charge < -0.3 is 5.32 Å². The van der Waals surface area contributed by atoms with Crippen LogP contribution >= 0.6 is 0 Å². The summed E-state index contributed by atoms with van der Waals surface area (Å²) in [5, 5.41) is 1.33. The van der Waals surface area contributed by atoms with Crippen LogP contribution in [-0.2, 0) is 14.4 Å². The largest absolute Gasteiger partial charge is 0.471 e. The van der Waals surface area contributed by atoms with Crippen LogP contribution in [-0.4, -0.2) is 30.2 Å². The second kappa shape index (κ2) is 6.65. The topological polar surface area (TPSA) is 63.2 Å². The maximum atomic E-state index is 11.8. The lowest BCUT2D eigenvalue weighted by molar-refractivity contribution is -0.173. The van der Waals surface area contributed by atoms with Crippen molar-refractivity contribution in [3.63, 3.8) is 0 Å². The molecule has 0 aromatic heterocycles. The van der Waals surface area contributed by atoms with Crippen molar-refractivity contribution in [2.75, 3.05) is 6.54 Å². The molecule has 1 rings (SSSR count). The molecule has 4 nitrogen and oxygen atoms in total. The van der Waals surface area contributed by atoms with E-state index < -0.39 is 30.2 Å². The van der Waals surface area contributed by atoms with Crippen molar-refractivity contribution in [2.45, 2.75) is 6.18 Å². The average molecular weight is 285 g/mol. The lowest BCUT2D eigenvalue weighted by Gasteiger charge is -2.05. The fourth-order valence-corrected chi connectivity index (χ4v) is 1.18. The van der Waals surface area contributed by atoms with Crippen molar-refractivity contribution in [3.8, 4) is 0 Å². The third kappa shape index (κ3) is 5.05. The maximum absolute atomic E-state index is 11.8. The number of nitrogens with one attached hydrogen (secondary N) is 1. The Morgan fingerprint density at radius 1 is 1.10 bits per heavy atom. The first-order valence-electron chi connectivity index (χ1n) is 5.46. The smallest absolute Gasteiger partial charge is 0.341 e. The summed E-state index contributed by atoms with van der Waals surface area (Å²) < 4.78 is 35.5. The molecule has 1 aromatic carbocycles. The normalized spacial score (nSPS) is 11.3. The van der Waals surface area contributed by atoms with Crippen LogP contribution in [0.15, 0.2) is 36.4 Å². The third-order valence-electron chi connectivity index (χ3n) is 2.17. The number of hydrogen-bond acceptors (Lipinski definition) is 3. The van der Waals surface area contributed by atoms with Crippen LogP contribution in [0.3, 0.4) is 0 Å². The number of amides is 1. The highest BCUT2D eigenvalue weighted by Crippen LogP contribution is 2.13. The number of alkyl halides is 3. The minimum atomic E-state index is -5.08. The van der Waals surface area contributed by atoms with Crippen molar-refractivity contribution in [2.24, 2.45) is 0 Å². The molecule has 0 saturated carbocycles. The van der Waals surface area contributed by atoms with E-state index in [4.69, 9.17) is 0 Å². The van der Waals surface area contributed by atoms with Crippen LogP contribution in [0, 0.1) is 0 Å². The summed E-state index contributed by atoms with van der Waals surface area (Å²) in [6.07, 6.45) is -2.79. The van der Waals surface area contributed by atoms with E-state index in [1.54, 1.807) is 30.3 Å². The Morgan fingerprint density at radius 3 is 2.25 bits per heavy atom.